The van der Waals surface area contributed by atoms with E-state index in [1.54, 1.807) is 0 Å². The second-order valence-corrected chi connectivity index (χ2v) is 14.1. The molecule has 0 saturated carbocycles. The molecular formula is C39H82INO. The number of likely N-dealkylation sites (N-methyl/N-ethyl adjacent to an activating group) is 1. The van der Waals surface area contributed by atoms with E-state index >= 15 is 0 Å². The fraction of sp³-hybridized carbons (Fsp3) is 1.00. The van der Waals surface area contributed by atoms with Crippen LogP contribution >= 0.6 is 0 Å². The Bertz CT molecular complexity index is 435. The lowest BCUT2D eigenvalue weighted by molar-refractivity contribution is -0.910. The van der Waals surface area contributed by atoms with Crippen LogP contribution in [0.25, 0.3) is 0 Å². The van der Waals surface area contributed by atoms with Crippen molar-refractivity contribution in [1.29, 1.82) is 0 Å². The first-order chi connectivity index (χ1) is 20.2. The van der Waals surface area contributed by atoms with Gasteiger partial charge >= 0.3 is 0 Å². The largest absolute Gasteiger partial charge is 1.00 e. The maximum Gasteiger partial charge on any atom is 0.102 e. The van der Waals surface area contributed by atoms with Crippen molar-refractivity contribution in [3.63, 3.8) is 0 Å². The van der Waals surface area contributed by atoms with Crippen LogP contribution in [0.3, 0.4) is 0 Å². The summed E-state index contributed by atoms with van der Waals surface area (Å²) in [4.78, 5) is 0. The number of hydrogen-bond acceptors (Lipinski definition) is 1. The van der Waals surface area contributed by atoms with Crippen molar-refractivity contribution in [1.82, 2.24) is 0 Å². The van der Waals surface area contributed by atoms with Crippen LogP contribution in [0.2, 0.25) is 0 Å². The first kappa shape index (κ1) is 44.8. The van der Waals surface area contributed by atoms with Gasteiger partial charge in [0.05, 0.1) is 26.7 Å². The van der Waals surface area contributed by atoms with Gasteiger partial charge in [0.1, 0.15) is 6.54 Å². The van der Waals surface area contributed by atoms with Crippen molar-refractivity contribution in [2.75, 3.05) is 33.3 Å². The number of unbranched alkanes of at least 4 members (excludes halogenated alkanes) is 30. The summed E-state index contributed by atoms with van der Waals surface area (Å²) in [7, 11) is 2.40. The minimum absolute atomic E-state index is 0. The summed E-state index contributed by atoms with van der Waals surface area (Å²) in [5, 5.41) is 9.66. The van der Waals surface area contributed by atoms with Gasteiger partial charge in [-0.15, -0.1) is 0 Å². The van der Waals surface area contributed by atoms with E-state index in [0.717, 1.165) is 11.0 Å². The Morgan fingerprint density at radius 3 is 0.690 bits per heavy atom. The van der Waals surface area contributed by atoms with Gasteiger partial charge in [-0.3, -0.25) is 0 Å². The van der Waals surface area contributed by atoms with Gasteiger partial charge in [0.15, 0.2) is 0 Å². The quantitative estimate of drug-likeness (QED) is 0.0391. The third kappa shape index (κ3) is 35.1. The maximum absolute atomic E-state index is 9.66. The van der Waals surface area contributed by atoms with Gasteiger partial charge in [-0.05, 0) is 25.7 Å². The van der Waals surface area contributed by atoms with Crippen molar-refractivity contribution in [3.05, 3.63) is 0 Å². The third-order valence-corrected chi connectivity index (χ3v) is 9.74. The maximum atomic E-state index is 9.66. The molecule has 0 aromatic rings. The molecule has 42 heavy (non-hydrogen) atoms. The Labute approximate surface area is 285 Å². The van der Waals surface area contributed by atoms with Gasteiger partial charge in [0.2, 0.25) is 0 Å². The smallest absolute Gasteiger partial charge is 0.102 e. The van der Waals surface area contributed by atoms with Crippen LogP contribution in [0.4, 0.5) is 0 Å². The first-order valence-corrected chi connectivity index (χ1v) is 19.6. The van der Waals surface area contributed by atoms with E-state index in [2.05, 4.69) is 20.9 Å². The minimum atomic E-state index is 0. The summed E-state index contributed by atoms with van der Waals surface area (Å²) in [5.74, 6) is 0. The molecule has 3 heteroatoms. The molecule has 0 aliphatic heterocycles. The van der Waals surface area contributed by atoms with Crippen molar-refractivity contribution in [3.8, 4) is 0 Å². The fourth-order valence-corrected chi connectivity index (χ4v) is 6.66. The standard InChI is InChI=1S/C39H82NO.HI/c1-4-6-8-10-12-14-16-18-20-22-24-26-28-30-32-34-36-40(3,38-39-41)37-35-33-31-29-27-25-23-21-19-17-15-13-11-9-7-5-2;/h41H,4-39H2,1-3H3;1H/q+1;/p-1. The second kappa shape index (κ2) is 37.8. The number of aliphatic hydroxyl groups is 1. The lowest BCUT2D eigenvalue weighted by Crippen LogP contribution is -3.00. The monoisotopic (exact) mass is 708 g/mol. The molecule has 0 atom stereocenters. The van der Waals surface area contributed by atoms with Crippen molar-refractivity contribution in [2.24, 2.45) is 0 Å². The van der Waals surface area contributed by atoms with Crippen LogP contribution in [0.15, 0.2) is 0 Å². The second-order valence-electron chi connectivity index (χ2n) is 14.1. The highest BCUT2D eigenvalue weighted by Crippen LogP contribution is 2.17. The summed E-state index contributed by atoms with van der Waals surface area (Å²) < 4.78 is 1.09. The lowest BCUT2D eigenvalue weighted by Gasteiger charge is -2.34. The normalized spacial score (nSPS) is 11.7. The molecule has 0 rings (SSSR count). The molecule has 0 aliphatic carbocycles. The van der Waals surface area contributed by atoms with Gasteiger partial charge < -0.3 is 33.6 Å². The van der Waals surface area contributed by atoms with Gasteiger partial charge in [0.25, 0.3) is 0 Å². The predicted molar refractivity (Wildman–Crippen MR) is 187 cm³/mol. The average molecular weight is 708 g/mol. The number of nitrogens with zero attached hydrogens (tertiary/aromatic N) is 1. The molecule has 0 aromatic heterocycles. The molecule has 0 fully saturated rings. The van der Waals surface area contributed by atoms with Crippen LogP contribution in [-0.2, 0) is 0 Å². The summed E-state index contributed by atoms with van der Waals surface area (Å²) in [5.41, 5.74) is 0. The number of halogens is 1. The molecule has 0 spiro atoms. The van der Waals surface area contributed by atoms with E-state index in [1.807, 2.05) is 0 Å². The van der Waals surface area contributed by atoms with E-state index in [9.17, 15) is 5.11 Å². The van der Waals surface area contributed by atoms with Crippen molar-refractivity contribution >= 4 is 0 Å². The molecule has 0 bridgehead atoms. The average Bonchev–Trinajstić information content (AvgIpc) is 2.97. The number of rotatable bonds is 36. The minimum Gasteiger partial charge on any atom is -1.00 e. The van der Waals surface area contributed by atoms with Gasteiger partial charge in [-0.1, -0.05) is 194 Å². The van der Waals surface area contributed by atoms with Gasteiger partial charge in [-0.2, -0.15) is 0 Å². The van der Waals surface area contributed by atoms with Crippen LogP contribution < -0.4 is 24.0 Å². The lowest BCUT2D eigenvalue weighted by atomic mass is 10.0. The van der Waals surface area contributed by atoms with E-state index < -0.39 is 0 Å². The van der Waals surface area contributed by atoms with E-state index in [-0.39, 0.29) is 24.0 Å². The molecule has 2 nitrogen and oxygen atoms in total. The molecular weight excluding hydrogens is 625 g/mol. The van der Waals surface area contributed by atoms with Gasteiger partial charge in [0, 0.05) is 0 Å². The highest BCUT2D eigenvalue weighted by atomic mass is 127. The van der Waals surface area contributed by atoms with E-state index in [1.165, 1.54) is 219 Å². The third-order valence-electron chi connectivity index (χ3n) is 9.74. The molecule has 0 unspecified atom stereocenters. The molecule has 0 heterocycles. The Balaban J connectivity index is 0. The number of aliphatic hydroxyl groups excluding tert-OH is 1. The molecule has 256 valence electrons. The molecule has 0 aliphatic rings. The zero-order valence-electron chi connectivity index (χ0n) is 29.7. The van der Waals surface area contributed by atoms with Gasteiger partial charge in [-0.25, -0.2) is 0 Å². The summed E-state index contributed by atoms with van der Waals surface area (Å²) in [6.07, 6.45) is 45.9. The number of quaternary nitrogens is 1. The Hall–Kier alpha value is 0.650. The molecule has 0 amide bonds. The van der Waals surface area contributed by atoms with E-state index in [0.29, 0.717) is 6.61 Å². The number of hydrogen-bond donors (Lipinski definition) is 1. The highest BCUT2D eigenvalue weighted by molar-refractivity contribution is 4.53. The van der Waals surface area contributed by atoms with Crippen LogP contribution in [0.1, 0.15) is 219 Å². The van der Waals surface area contributed by atoms with Crippen LogP contribution in [-0.4, -0.2) is 42.9 Å². The first-order valence-electron chi connectivity index (χ1n) is 19.6. The SMILES string of the molecule is CCCCCCCCCCCCCCCCCC[N+](C)(CCO)CCCCCCCCCCCCCCCCCC.[I-]. The molecule has 0 saturated heterocycles. The predicted octanol–water partition coefficient (Wildman–Crippen LogP) is 9.95. The molecule has 0 aromatic carbocycles. The van der Waals surface area contributed by atoms with Crippen molar-refractivity contribution in [2.45, 2.75) is 219 Å². The Morgan fingerprint density at radius 2 is 0.500 bits per heavy atom. The topological polar surface area (TPSA) is 20.2 Å². The zero-order chi connectivity index (χ0) is 30.0. The highest BCUT2D eigenvalue weighted by Gasteiger charge is 2.19. The van der Waals surface area contributed by atoms with Crippen molar-refractivity contribution < 1.29 is 33.6 Å². The summed E-state index contributed by atoms with van der Waals surface area (Å²) >= 11 is 0. The fourth-order valence-electron chi connectivity index (χ4n) is 6.66. The Kier molecular flexibility index (Phi) is 40.3. The summed E-state index contributed by atoms with van der Waals surface area (Å²) in [6.45, 7) is 8.41. The zero-order valence-corrected chi connectivity index (χ0v) is 31.9. The van der Waals surface area contributed by atoms with E-state index in [4.69, 9.17) is 0 Å². The molecule has 0 radical (unpaired) electrons. The van der Waals surface area contributed by atoms with Crippen LogP contribution in [0.5, 0.6) is 0 Å². The Morgan fingerprint density at radius 1 is 0.310 bits per heavy atom. The summed E-state index contributed by atoms with van der Waals surface area (Å²) in [6, 6.07) is 0. The molecule has 1 N–H and O–H groups in total. The van der Waals surface area contributed by atoms with Crippen LogP contribution in [0, 0.1) is 0 Å².